The van der Waals surface area contributed by atoms with Gasteiger partial charge in [-0.25, -0.2) is 4.79 Å². The third-order valence-electron chi connectivity index (χ3n) is 1.51. The molecule has 0 radical (unpaired) electrons. The maximum Gasteiger partial charge on any atom is 0.407 e. The number of hydrogen-bond acceptors (Lipinski definition) is 3. The molecule has 0 aliphatic rings. The summed E-state index contributed by atoms with van der Waals surface area (Å²) in [5, 5.41) is 2.41. The maximum atomic E-state index is 11.2. The molecule has 1 amide bonds. The zero-order chi connectivity index (χ0) is 10.5. The number of halogens is 1. The molecule has 76 valence electrons. The molecule has 1 N–H and O–H groups in total. The fourth-order valence-corrected chi connectivity index (χ4v) is 0.993. The van der Waals surface area contributed by atoms with Crippen LogP contribution in [0.5, 0.6) is 0 Å². The van der Waals surface area contributed by atoms with E-state index in [-0.39, 0.29) is 18.3 Å². The van der Waals surface area contributed by atoms with Gasteiger partial charge in [0, 0.05) is 0 Å². The van der Waals surface area contributed by atoms with Crippen LogP contribution in [0.1, 0.15) is 20.8 Å². The molecule has 0 unspecified atom stereocenters. The van der Waals surface area contributed by atoms with E-state index in [9.17, 15) is 9.59 Å². The Kier molecular flexibility index (Phi) is 4.77. The maximum absolute atomic E-state index is 11.2. The number of nitrogens with one attached hydrogen (secondary N) is 1. The third kappa shape index (κ3) is 4.12. The first-order valence-electron chi connectivity index (χ1n) is 3.98. The number of hydrogen-bond donors (Lipinski definition) is 1. The largest absolute Gasteiger partial charge is 0.450 e. The molecule has 0 aromatic heterocycles. The number of amides is 1. The Morgan fingerprint density at radius 3 is 2.38 bits per heavy atom. The molecular formula is C8H14ClNO3. The first kappa shape index (κ1) is 12.2. The normalized spacial score (nSPS) is 10.8. The summed E-state index contributed by atoms with van der Waals surface area (Å²) in [5.74, 6) is -0.374. The van der Waals surface area contributed by atoms with E-state index < -0.39 is 11.6 Å². The number of alkyl halides is 1. The summed E-state index contributed by atoms with van der Waals surface area (Å²) in [6, 6.07) is 0. The highest BCUT2D eigenvalue weighted by atomic mass is 35.5. The summed E-state index contributed by atoms with van der Waals surface area (Å²) in [4.78, 5) is 22.1. The van der Waals surface area contributed by atoms with Crippen LogP contribution in [0.4, 0.5) is 4.79 Å². The fourth-order valence-electron chi connectivity index (χ4n) is 0.659. The molecule has 0 heterocycles. The van der Waals surface area contributed by atoms with E-state index in [1.807, 2.05) is 0 Å². The van der Waals surface area contributed by atoms with Gasteiger partial charge in [-0.05, 0) is 20.8 Å². The number of rotatable bonds is 4. The lowest BCUT2D eigenvalue weighted by Gasteiger charge is -2.22. The van der Waals surface area contributed by atoms with E-state index in [1.54, 1.807) is 20.8 Å². The standard InChI is InChI=1S/C8H14ClNO3/c1-4-13-7(12)10-8(2,3)6(11)5-9/h4-5H2,1-3H3,(H,10,12). The van der Waals surface area contributed by atoms with Gasteiger partial charge in [-0.15, -0.1) is 11.6 Å². The average molecular weight is 208 g/mol. The minimum absolute atomic E-state index is 0.126. The van der Waals surface area contributed by atoms with Crippen molar-refractivity contribution in [2.75, 3.05) is 12.5 Å². The summed E-state index contributed by atoms with van der Waals surface area (Å²) >= 11 is 5.36. The predicted octanol–water partition coefficient (Wildman–Crippen LogP) is 1.32. The summed E-state index contributed by atoms with van der Waals surface area (Å²) < 4.78 is 4.63. The van der Waals surface area contributed by atoms with Crippen molar-refractivity contribution in [3.05, 3.63) is 0 Å². The Bertz CT molecular complexity index is 204. The van der Waals surface area contributed by atoms with Gasteiger partial charge in [0.1, 0.15) is 0 Å². The van der Waals surface area contributed by atoms with Gasteiger partial charge in [0.2, 0.25) is 0 Å². The summed E-state index contributed by atoms with van der Waals surface area (Å²) in [6.45, 7) is 5.12. The Hall–Kier alpha value is -0.770. The quantitative estimate of drug-likeness (QED) is 0.708. The van der Waals surface area contributed by atoms with Crippen molar-refractivity contribution in [3.63, 3.8) is 0 Å². The zero-order valence-electron chi connectivity index (χ0n) is 8.02. The second-order valence-electron chi connectivity index (χ2n) is 3.03. The van der Waals surface area contributed by atoms with Crippen LogP contribution in [0.15, 0.2) is 0 Å². The van der Waals surface area contributed by atoms with Crippen molar-refractivity contribution in [1.82, 2.24) is 5.32 Å². The molecule has 0 spiro atoms. The smallest absolute Gasteiger partial charge is 0.407 e. The van der Waals surface area contributed by atoms with Gasteiger partial charge in [-0.2, -0.15) is 0 Å². The summed E-state index contributed by atoms with van der Waals surface area (Å²) in [7, 11) is 0. The Balaban J connectivity index is 4.16. The number of ether oxygens (including phenoxy) is 1. The molecule has 0 bridgehead atoms. The van der Waals surface area contributed by atoms with E-state index in [1.165, 1.54) is 0 Å². The van der Waals surface area contributed by atoms with Crippen LogP contribution < -0.4 is 5.32 Å². The molecule has 0 atom stereocenters. The lowest BCUT2D eigenvalue weighted by Crippen LogP contribution is -2.50. The van der Waals surface area contributed by atoms with Gasteiger partial charge in [-0.3, -0.25) is 4.79 Å². The highest BCUT2D eigenvalue weighted by Crippen LogP contribution is 2.05. The highest BCUT2D eigenvalue weighted by Gasteiger charge is 2.28. The minimum Gasteiger partial charge on any atom is -0.450 e. The van der Waals surface area contributed by atoms with E-state index in [0.29, 0.717) is 0 Å². The second kappa shape index (κ2) is 5.07. The number of carbonyl (C=O) groups is 2. The lowest BCUT2D eigenvalue weighted by molar-refractivity contribution is -0.121. The van der Waals surface area contributed by atoms with Gasteiger partial charge in [0.25, 0.3) is 0 Å². The van der Waals surface area contributed by atoms with Crippen LogP contribution in [-0.2, 0) is 9.53 Å². The Labute approximate surface area is 82.6 Å². The van der Waals surface area contributed by atoms with Crippen molar-refractivity contribution >= 4 is 23.5 Å². The van der Waals surface area contributed by atoms with Crippen molar-refractivity contribution in [2.24, 2.45) is 0 Å². The van der Waals surface area contributed by atoms with Gasteiger partial charge in [0.05, 0.1) is 18.0 Å². The molecule has 0 aromatic rings. The molecule has 0 aromatic carbocycles. The number of alkyl carbamates (subject to hydrolysis) is 1. The molecule has 0 aliphatic carbocycles. The van der Waals surface area contributed by atoms with Crippen molar-refractivity contribution in [3.8, 4) is 0 Å². The van der Waals surface area contributed by atoms with Gasteiger partial charge >= 0.3 is 6.09 Å². The summed E-state index contributed by atoms with van der Waals surface area (Å²) in [5.41, 5.74) is -0.964. The van der Waals surface area contributed by atoms with Gasteiger partial charge in [0.15, 0.2) is 5.78 Å². The SMILES string of the molecule is CCOC(=O)NC(C)(C)C(=O)CCl. The van der Waals surface area contributed by atoms with Gasteiger partial charge in [-0.1, -0.05) is 0 Å². The molecule has 13 heavy (non-hydrogen) atoms. The van der Waals surface area contributed by atoms with Gasteiger partial charge < -0.3 is 10.1 Å². The first-order valence-corrected chi connectivity index (χ1v) is 4.51. The second-order valence-corrected chi connectivity index (χ2v) is 3.29. The predicted molar refractivity (Wildman–Crippen MR) is 50.0 cm³/mol. The lowest BCUT2D eigenvalue weighted by atomic mass is 10.0. The third-order valence-corrected chi connectivity index (χ3v) is 1.75. The molecule has 0 fully saturated rings. The topological polar surface area (TPSA) is 55.4 Å². The van der Waals surface area contributed by atoms with Crippen LogP contribution in [0.25, 0.3) is 0 Å². The Morgan fingerprint density at radius 1 is 1.46 bits per heavy atom. The number of Topliss-reactive ketones (excluding diaryl/α,β-unsaturated/α-hetero) is 1. The van der Waals surface area contributed by atoms with E-state index >= 15 is 0 Å². The molecule has 0 rings (SSSR count). The van der Waals surface area contributed by atoms with E-state index in [4.69, 9.17) is 11.6 Å². The molecular weight excluding hydrogens is 194 g/mol. The number of carbonyl (C=O) groups excluding carboxylic acids is 2. The highest BCUT2D eigenvalue weighted by molar-refractivity contribution is 6.29. The van der Waals surface area contributed by atoms with Crippen LogP contribution in [0.3, 0.4) is 0 Å². The molecule has 4 nitrogen and oxygen atoms in total. The van der Waals surface area contributed by atoms with Crippen molar-refractivity contribution in [1.29, 1.82) is 0 Å². The van der Waals surface area contributed by atoms with Crippen molar-refractivity contribution < 1.29 is 14.3 Å². The first-order chi connectivity index (χ1) is 5.94. The molecule has 0 saturated carbocycles. The van der Waals surface area contributed by atoms with Crippen LogP contribution in [0.2, 0.25) is 0 Å². The van der Waals surface area contributed by atoms with E-state index in [2.05, 4.69) is 10.1 Å². The Morgan fingerprint density at radius 2 is 2.00 bits per heavy atom. The average Bonchev–Trinajstić information content (AvgIpc) is 2.02. The van der Waals surface area contributed by atoms with Crippen LogP contribution in [0, 0.1) is 0 Å². The van der Waals surface area contributed by atoms with Crippen molar-refractivity contribution in [2.45, 2.75) is 26.3 Å². The monoisotopic (exact) mass is 207 g/mol. The fraction of sp³-hybridized carbons (Fsp3) is 0.750. The molecule has 5 heteroatoms. The molecule has 0 saturated heterocycles. The molecule has 0 aliphatic heterocycles. The van der Waals surface area contributed by atoms with E-state index in [0.717, 1.165) is 0 Å². The zero-order valence-corrected chi connectivity index (χ0v) is 8.77. The minimum atomic E-state index is -0.964. The van der Waals surface area contributed by atoms with Crippen LogP contribution in [-0.4, -0.2) is 29.9 Å². The summed E-state index contributed by atoms with van der Waals surface area (Å²) in [6.07, 6.45) is -0.606. The number of ketones is 1. The van der Waals surface area contributed by atoms with Crippen LogP contribution >= 0.6 is 11.6 Å².